The van der Waals surface area contributed by atoms with Crippen molar-refractivity contribution in [3.8, 4) is 0 Å². The molecule has 0 amide bonds. The summed E-state index contributed by atoms with van der Waals surface area (Å²) in [6.45, 7) is 5.57. The van der Waals surface area contributed by atoms with Crippen molar-refractivity contribution in [2.75, 3.05) is 0 Å². The van der Waals surface area contributed by atoms with Crippen LogP contribution in [-0.2, 0) is 10.0 Å². The monoisotopic (exact) mass is 377 g/mol. The molecular weight excluding hydrogens is 358 g/mol. The second kappa shape index (κ2) is 7.38. The highest BCUT2D eigenvalue weighted by Gasteiger charge is 2.24. The van der Waals surface area contributed by atoms with Gasteiger partial charge in [0.1, 0.15) is 0 Å². The minimum absolute atomic E-state index is 0.0329. The molecule has 21 heavy (non-hydrogen) atoms. The zero-order chi connectivity index (χ0) is 16.2. The van der Waals surface area contributed by atoms with E-state index in [0.29, 0.717) is 16.5 Å². The number of aryl methyl sites for hydroxylation is 1. The van der Waals surface area contributed by atoms with E-state index in [1.165, 1.54) is 12.1 Å². The van der Waals surface area contributed by atoms with E-state index in [2.05, 4.69) is 20.7 Å². The van der Waals surface area contributed by atoms with Gasteiger partial charge in [-0.25, -0.2) is 17.9 Å². The zero-order valence-corrected chi connectivity index (χ0v) is 14.7. The number of halogens is 1. The summed E-state index contributed by atoms with van der Waals surface area (Å²) in [5, 5.41) is 9.07. The molecule has 118 valence electrons. The largest absolute Gasteiger partial charge is 0.478 e. The average molecular weight is 378 g/mol. The highest BCUT2D eigenvalue weighted by Crippen LogP contribution is 2.27. The molecule has 5 nitrogen and oxygen atoms in total. The van der Waals surface area contributed by atoms with Gasteiger partial charge in [0.05, 0.1) is 10.5 Å². The number of aromatic carboxylic acids is 1. The van der Waals surface area contributed by atoms with Gasteiger partial charge in [0.2, 0.25) is 10.0 Å². The van der Waals surface area contributed by atoms with Crippen LogP contribution in [-0.4, -0.2) is 25.5 Å². The van der Waals surface area contributed by atoms with Crippen LogP contribution in [0.15, 0.2) is 21.5 Å². The van der Waals surface area contributed by atoms with Crippen LogP contribution in [0.5, 0.6) is 0 Å². The minimum atomic E-state index is -3.76. The first-order chi connectivity index (χ1) is 9.72. The van der Waals surface area contributed by atoms with Crippen molar-refractivity contribution >= 4 is 31.9 Å². The fraction of sp³-hybridized carbons (Fsp3) is 0.500. The Morgan fingerprint density at radius 1 is 1.38 bits per heavy atom. The lowest BCUT2D eigenvalue weighted by Crippen LogP contribution is -2.34. The van der Waals surface area contributed by atoms with E-state index in [0.717, 1.165) is 12.8 Å². The standard InChI is InChI=1S/C14H20BrNO4S/c1-4-6-11(5-2)16-21(19,20)12-8-10(14(17)18)7-9(3)13(12)15/h7-8,11,16H,4-6H2,1-3H3,(H,17,18). The van der Waals surface area contributed by atoms with Crippen molar-refractivity contribution in [1.29, 1.82) is 0 Å². The predicted octanol–water partition coefficient (Wildman–Crippen LogP) is 3.31. The van der Waals surface area contributed by atoms with Crippen molar-refractivity contribution in [3.05, 3.63) is 27.7 Å². The SMILES string of the molecule is CCCC(CC)NS(=O)(=O)c1cc(C(=O)O)cc(C)c1Br. The number of carboxylic acid groups (broad SMARTS) is 1. The van der Waals surface area contributed by atoms with Gasteiger partial charge in [0.25, 0.3) is 0 Å². The lowest BCUT2D eigenvalue weighted by Gasteiger charge is -2.18. The first-order valence-electron chi connectivity index (χ1n) is 6.78. The van der Waals surface area contributed by atoms with Crippen LogP contribution in [0.4, 0.5) is 0 Å². The van der Waals surface area contributed by atoms with E-state index in [9.17, 15) is 13.2 Å². The van der Waals surface area contributed by atoms with Crippen LogP contribution in [0.25, 0.3) is 0 Å². The molecule has 0 radical (unpaired) electrons. The summed E-state index contributed by atoms with van der Waals surface area (Å²) in [5.41, 5.74) is 0.526. The molecule has 0 saturated carbocycles. The van der Waals surface area contributed by atoms with Gasteiger partial charge in [-0.05, 0) is 53.4 Å². The molecule has 0 aliphatic rings. The Morgan fingerprint density at radius 2 is 2.00 bits per heavy atom. The van der Waals surface area contributed by atoms with Gasteiger partial charge >= 0.3 is 5.97 Å². The van der Waals surface area contributed by atoms with Gasteiger partial charge in [0.15, 0.2) is 0 Å². The molecule has 2 N–H and O–H groups in total. The van der Waals surface area contributed by atoms with E-state index in [-0.39, 0.29) is 16.5 Å². The summed E-state index contributed by atoms with van der Waals surface area (Å²) in [5.74, 6) is -1.15. The summed E-state index contributed by atoms with van der Waals surface area (Å²) in [6.07, 6.45) is 2.30. The highest BCUT2D eigenvalue weighted by molar-refractivity contribution is 9.10. The fourth-order valence-electron chi connectivity index (χ4n) is 2.03. The molecule has 1 aromatic rings. The van der Waals surface area contributed by atoms with E-state index in [1.807, 2.05) is 13.8 Å². The molecule has 0 fully saturated rings. The molecule has 0 heterocycles. The zero-order valence-electron chi connectivity index (χ0n) is 12.3. The third kappa shape index (κ3) is 4.52. The number of carboxylic acids is 1. The number of sulfonamides is 1. The lowest BCUT2D eigenvalue weighted by atomic mass is 10.1. The molecule has 0 saturated heterocycles. The predicted molar refractivity (Wildman–Crippen MR) is 85.1 cm³/mol. The number of hydrogen-bond donors (Lipinski definition) is 2. The van der Waals surface area contributed by atoms with Crippen molar-refractivity contribution in [3.63, 3.8) is 0 Å². The van der Waals surface area contributed by atoms with Crippen molar-refractivity contribution in [1.82, 2.24) is 4.72 Å². The maximum Gasteiger partial charge on any atom is 0.335 e. The molecule has 1 rings (SSSR count). The molecule has 1 unspecified atom stereocenters. The summed E-state index contributed by atoms with van der Waals surface area (Å²) in [4.78, 5) is 11.1. The first-order valence-corrected chi connectivity index (χ1v) is 9.06. The van der Waals surface area contributed by atoms with Crippen molar-refractivity contribution < 1.29 is 18.3 Å². The molecule has 0 aromatic heterocycles. The highest BCUT2D eigenvalue weighted by atomic mass is 79.9. The lowest BCUT2D eigenvalue weighted by molar-refractivity contribution is 0.0696. The maximum absolute atomic E-state index is 12.5. The normalized spacial score (nSPS) is 13.1. The fourth-order valence-corrected chi connectivity index (χ4v) is 4.43. The number of nitrogens with one attached hydrogen (secondary N) is 1. The second-order valence-corrected chi connectivity index (χ2v) is 7.40. The Morgan fingerprint density at radius 3 is 2.48 bits per heavy atom. The Balaban J connectivity index is 3.27. The van der Waals surface area contributed by atoms with Gasteiger partial charge in [0, 0.05) is 10.5 Å². The Bertz CT molecular complexity index is 628. The van der Waals surface area contributed by atoms with Crippen LogP contribution in [0.2, 0.25) is 0 Å². The molecule has 7 heteroatoms. The number of hydrogen-bond acceptors (Lipinski definition) is 3. The van der Waals surface area contributed by atoms with Crippen LogP contribution in [0, 0.1) is 6.92 Å². The summed E-state index contributed by atoms with van der Waals surface area (Å²) in [7, 11) is -3.76. The topological polar surface area (TPSA) is 83.5 Å². The Kier molecular flexibility index (Phi) is 6.37. The molecule has 0 aliphatic carbocycles. The molecule has 1 atom stereocenters. The van der Waals surface area contributed by atoms with E-state index >= 15 is 0 Å². The summed E-state index contributed by atoms with van der Waals surface area (Å²) in [6, 6.07) is 2.47. The van der Waals surface area contributed by atoms with Crippen LogP contribution in [0.3, 0.4) is 0 Å². The van der Waals surface area contributed by atoms with Gasteiger partial charge < -0.3 is 5.11 Å². The van der Waals surface area contributed by atoms with E-state index in [4.69, 9.17) is 5.11 Å². The molecule has 0 spiro atoms. The van der Waals surface area contributed by atoms with Gasteiger partial charge in [-0.15, -0.1) is 0 Å². The van der Waals surface area contributed by atoms with Gasteiger partial charge in [-0.3, -0.25) is 0 Å². The van der Waals surface area contributed by atoms with Crippen molar-refractivity contribution in [2.45, 2.75) is 51.0 Å². The molecule has 0 aliphatic heterocycles. The quantitative estimate of drug-likeness (QED) is 0.763. The molecular formula is C14H20BrNO4S. The van der Waals surface area contributed by atoms with Crippen molar-refractivity contribution in [2.24, 2.45) is 0 Å². The maximum atomic E-state index is 12.5. The summed E-state index contributed by atoms with van der Waals surface area (Å²) < 4.78 is 28.0. The minimum Gasteiger partial charge on any atom is -0.478 e. The third-order valence-electron chi connectivity index (χ3n) is 3.21. The second-order valence-electron chi connectivity index (χ2n) is 4.93. The number of rotatable bonds is 7. The van der Waals surface area contributed by atoms with E-state index < -0.39 is 16.0 Å². The number of carbonyl (C=O) groups is 1. The Labute approximate surface area is 133 Å². The first kappa shape index (κ1) is 18.1. The van der Waals surface area contributed by atoms with Gasteiger partial charge in [-0.2, -0.15) is 0 Å². The Hall–Kier alpha value is -0.920. The average Bonchev–Trinajstić information content (AvgIpc) is 2.40. The van der Waals surface area contributed by atoms with Crippen LogP contribution >= 0.6 is 15.9 Å². The van der Waals surface area contributed by atoms with Gasteiger partial charge in [-0.1, -0.05) is 20.3 Å². The molecule has 1 aromatic carbocycles. The number of benzene rings is 1. The van der Waals surface area contributed by atoms with Crippen LogP contribution < -0.4 is 4.72 Å². The van der Waals surface area contributed by atoms with E-state index in [1.54, 1.807) is 6.92 Å². The summed E-state index contributed by atoms with van der Waals surface area (Å²) >= 11 is 3.24. The van der Waals surface area contributed by atoms with Crippen LogP contribution in [0.1, 0.15) is 49.0 Å². The molecule has 0 bridgehead atoms. The smallest absolute Gasteiger partial charge is 0.335 e. The third-order valence-corrected chi connectivity index (χ3v) is 6.07.